The predicted octanol–water partition coefficient (Wildman–Crippen LogP) is 3.67. The Morgan fingerprint density at radius 3 is 2.71 bits per heavy atom. The molecule has 0 spiro atoms. The lowest BCUT2D eigenvalue weighted by Crippen LogP contribution is -2.36. The normalized spacial score (nSPS) is 14.1. The van der Waals surface area contributed by atoms with Gasteiger partial charge < -0.3 is 15.4 Å². The summed E-state index contributed by atoms with van der Waals surface area (Å²) in [6.45, 7) is 3.82. The molecule has 11 heteroatoms. The number of carbonyl (C=O) groups is 2. The lowest BCUT2D eigenvalue weighted by Gasteiger charge is -2.18. The highest BCUT2D eigenvalue weighted by Crippen LogP contribution is 2.33. The van der Waals surface area contributed by atoms with E-state index in [1.165, 1.54) is 22.4 Å². The van der Waals surface area contributed by atoms with Crippen LogP contribution in [0.15, 0.2) is 42.7 Å². The van der Waals surface area contributed by atoms with Crippen molar-refractivity contribution in [3.8, 4) is 11.7 Å². The SMILES string of the molecule is COc1cc(C(=O)Nc2c(C)cc3ccnn3c2C(=O)NC(C)C2CC2)n(-c2ncccc2Cl)n1. The van der Waals surface area contributed by atoms with Crippen molar-refractivity contribution in [1.29, 1.82) is 0 Å². The number of carbonyl (C=O) groups excluding carboxylic acids is 2. The van der Waals surface area contributed by atoms with Gasteiger partial charge in [-0.3, -0.25) is 9.59 Å². The predicted molar refractivity (Wildman–Crippen MR) is 130 cm³/mol. The van der Waals surface area contributed by atoms with E-state index >= 15 is 0 Å². The van der Waals surface area contributed by atoms with E-state index in [1.807, 2.05) is 26.0 Å². The van der Waals surface area contributed by atoms with Gasteiger partial charge in [-0.15, -0.1) is 5.10 Å². The zero-order valence-corrected chi connectivity index (χ0v) is 20.2. The molecule has 1 atom stereocenters. The fraction of sp³-hybridized carbons (Fsp3) is 0.292. The van der Waals surface area contributed by atoms with Crippen LogP contribution in [-0.2, 0) is 0 Å². The average Bonchev–Trinajstić information content (AvgIpc) is 3.45. The van der Waals surface area contributed by atoms with Gasteiger partial charge in [0.05, 0.1) is 29.5 Å². The molecule has 0 saturated heterocycles. The molecule has 0 bridgehead atoms. The first-order chi connectivity index (χ1) is 16.9. The number of rotatable bonds is 7. The summed E-state index contributed by atoms with van der Waals surface area (Å²) in [7, 11) is 1.45. The van der Waals surface area contributed by atoms with Crippen LogP contribution in [0.3, 0.4) is 0 Å². The maximum atomic E-state index is 13.5. The number of nitrogens with zero attached hydrogens (tertiary/aromatic N) is 5. The molecule has 1 unspecified atom stereocenters. The second-order valence-corrected chi connectivity index (χ2v) is 8.97. The third-order valence-electron chi connectivity index (χ3n) is 6.09. The minimum atomic E-state index is -0.513. The smallest absolute Gasteiger partial charge is 0.274 e. The van der Waals surface area contributed by atoms with Gasteiger partial charge in [-0.05, 0) is 62.4 Å². The number of methoxy groups -OCH3 is 1. The highest BCUT2D eigenvalue weighted by atomic mass is 35.5. The summed E-state index contributed by atoms with van der Waals surface area (Å²) in [6.07, 6.45) is 5.36. The Morgan fingerprint density at radius 2 is 2.00 bits per heavy atom. The molecule has 4 aromatic rings. The molecule has 5 rings (SSSR count). The van der Waals surface area contributed by atoms with E-state index in [2.05, 4.69) is 25.8 Å². The number of aromatic nitrogens is 5. The van der Waals surface area contributed by atoms with Crippen molar-refractivity contribution in [2.24, 2.45) is 5.92 Å². The van der Waals surface area contributed by atoms with Crippen LogP contribution in [0.5, 0.6) is 5.88 Å². The van der Waals surface area contributed by atoms with Crippen LogP contribution in [-0.4, -0.2) is 49.3 Å². The summed E-state index contributed by atoms with van der Waals surface area (Å²) in [5.41, 5.74) is 2.20. The molecule has 4 heterocycles. The van der Waals surface area contributed by atoms with Gasteiger partial charge in [-0.1, -0.05) is 11.6 Å². The third-order valence-corrected chi connectivity index (χ3v) is 6.38. The maximum Gasteiger partial charge on any atom is 0.274 e. The Balaban J connectivity index is 1.56. The number of aryl methyl sites for hydroxylation is 1. The molecule has 1 aliphatic carbocycles. The number of amides is 2. The molecule has 2 amide bonds. The summed E-state index contributed by atoms with van der Waals surface area (Å²) >= 11 is 6.31. The molecule has 0 aromatic carbocycles. The number of halogens is 1. The van der Waals surface area contributed by atoms with Gasteiger partial charge in [0, 0.05) is 18.3 Å². The Bertz CT molecular complexity index is 1440. The molecule has 1 aliphatic rings. The molecule has 4 aromatic heterocycles. The number of ether oxygens (including phenoxy) is 1. The van der Waals surface area contributed by atoms with Crippen LogP contribution in [0, 0.1) is 12.8 Å². The summed E-state index contributed by atoms with van der Waals surface area (Å²) in [4.78, 5) is 31.2. The zero-order chi connectivity index (χ0) is 24.7. The van der Waals surface area contributed by atoms with Gasteiger partial charge in [-0.2, -0.15) is 5.10 Å². The molecule has 0 aliphatic heterocycles. The first kappa shape index (κ1) is 22.9. The lowest BCUT2D eigenvalue weighted by molar-refractivity contribution is 0.0929. The molecule has 180 valence electrons. The molecule has 1 saturated carbocycles. The fourth-order valence-electron chi connectivity index (χ4n) is 4.05. The molecular formula is C24H24ClN7O3. The molecule has 35 heavy (non-hydrogen) atoms. The van der Waals surface area contributed by atoms with Gasteiger partial charge in [0.1, 0.15) is 5.69 Å². The first-order valence-corrected chi connectivity index (χ1v) is 11.6. The van der Waals surface area contributed by atoms with Crippen LogP contribution < -0.4 is 15.4 Å². The quantitative estimate of drug-likeness (QED) is 0.406. The Kier molecular flexibility index (Phi) is 5.89. The van der Waals surface area contributed by atoms with E-state index in [4.69, 9.17) is 16.3 Å². The Labute approximate surface area is 206 Å². The fourth-order valence-corrected chi connectivity index (χ4v) is 4.25. The second kappa shape index (κ2) is 9.03. The lowest BCUT2D eigenvalue weighted by atomic mass is 10.1. The molecule has 1 fully saturated rings. The maximum absolute atomic E-state index is 13.5. The van der Waals surface area contributed by atoms with Crippen LogP contribution in [0.25, 0.3) is 11.3 Å². The number of pyridine rings is 2. The Morgan fingerprint density at radius 1 is 1.20 bits per heavy atom. The standard InChI is InChI=1S/C24H24ClN7O3/c1-13-11-16-8-10-27-31(16)21(24(34)28-14(2)15-6-7-15)20(13)29-23(33)18-12-19(35-3)30-32(18)22-17(25)5-4-9-26-22/h4-5,8-12,14-15H,6-7H2,1-3H3,(H,28,34)(H,29,33). The molecule has 0 radical (unpaired) electrons. The highest BCUT2D eigenvalue weighted by molar-refractivity contribution is 6.32. The zero-order valence-electron chi connectivity index (χ0n) is 19.4. The number of hydrogen-bond acceptors (Lipinski definition) is 6. The van der Waals surface area contributed by atoms with Crippen molar-refractivity contribution in [3.05, 3.63) is 64.7 Å². The van der Waals surface area contributed by atoms with E-state index in [-0.39, 0.29) is 35.0 Å². The topological polar surface area (TPSA) is 115 Å². The van der Waals surface area contributed by atoms with Gasteiger partial charge in [0.15, 0.2) is 11.5 Å². The highest BCUT2D eigenvalue weighted by Gasteiger charge is 2.31. The number of fused-ring (bicyclic) bond motifs is 1. The summed E-state index contributed by atoms with van der Waals surface area (Å²) in [6, 6.07) is 8.51. The second-order valence-electron chi connectivity index (χ2n) is 8.57. The van der Waals surface area contributed by atoms with Gasteiger partial charge in [0.25, 0.3) is 11.8 Å². The number of nitrogens with one attached hydrogen (secondary N) is 2. The van der Waals surface area contributed by atoms with Crippen molar-refractivity contribution < 1.29 is 14.3 Å². The van der Waals surface area contributed by atoms with Crippen LogP contribution in [0.2, 0.25) is 5.02 Å². The van der Waals surface area contributed by atoms with Crippen molar-refractivity contribution >= 4 is 34.6 Å². The largest absolute Gasteiger partial charge is 0.480 e. The third kappa shape index (κ3) is 4.32. The molecule has 10 nitrogen and oxygen atoms in total. The minimum absolute atomic E-state index is 0.0224. The van der Waals surface area contributed by atoms with Gasteiger partial charge >= 0.3 is 0 Å². The number of hydrogen-bond donors (Lipinski definition) is 2. The first-order valence-electron chi connectivity index (χ1n) is 11.2. The van der Waals surface area contributed by atoms with Crippen molar-refractivity contribution in [3.63, 3.8) is 0 Å². The number of anilines is 1. The van der Waals surface area contributed by atoms with Crippen molar-refractivity contribution in [2.45, 2.75) is 32.7 Å². The molecular weight excluding hydrogens is 470 g/mol. The summed E-state index contributed by atoms with van der Waals surface area (Å²) < 4.78 is 8.09. The molecule has 2 N–H and O–H groups in total. The van der Waals surface area contributed by atoms with E-state index in [0.717, 1.165) is 18.4 Å². The summed E-state index contributed by atoms with van der Waals surface area (Å²) in [5.74, 6) is 0.141. The van der Waals surface area contributed by atoms with E-state index in [1.54, 1.807) is 24.5 Å². The van der Waals surface area contributed by atoms with E-state index < -0.39 is 5.91 Å². The van der Waals surface area contributed by atoms with Gasteiger partial charge in [-0.25, -0.2) is 14.2 Å². The van der Waals surface area contributed by atoms with Crippen molar-refractivity contribution in [2.75, 3.05) is 12.4 Å². The van der Waals surface area contributed by atoms with Crippen LogP contribution >= 0.6 is 11.6 Å². The van der Waals surface area contributed by atoms with Crippen LogP contribution in [0.4, 0.5) is 5.69 Å². The van der Waals surface area contributed by atoms with Crippen molar-refractivity contribution in [1.82, 2.24) is 29.7 Å². The van der Waals surface area contributed by atoms with E-state index in [0.29, 0.717) is 22.2 Å². The minimum Gasteiger partial charge on any atom is -0.480 e. The van der Waals surface area contributed by atoms with Crippen LogP contribution in [0.1, 0.15) is 46.3 Å². The monoisotopic (exact) mass is 493 g/mol. The Hall–Kier alpha value is -3.92. The average molecular weight is 494 g/mol. The van der Waals surface area contributed by atoms with Gasteiger partial charge in [0.2, 0.25) is 5.88 Å². The van der Waals surface area contributed by atoms with E-state index in [9.17, 15) is 9.59 Å². The summed E-state index contributed by atoms with van der Waals surface area (Å²) in [5, 5.41) is 14.9.